The monoisotopic (exact) mass is 271 g/mol. The summed E-state index contributed by atoms with van der Waals surface area (Å²) in [5.41, 5.74) is 3.36. The Bertz CT molecular complexity index is 577. The molecule has 1 aliphatic rings. The summed E-state index contributed by atoms with van der Waals surface area (Å²) in [6, 6.07) is 18.1. The van der Waals surface area contributed by atoms with Crippen LogP contribution in [-0.4, -0.2) is 11.8 Å². The van der Waals surface area contributed by atoms with Gasteiger partial charge >= 0.3 is 0 Å². The van der Waals surface area contributed by atoms with Crippen molar-refractivity contribution in [2.75, 3.05) is 0 Å². The Morgan fingerprint density at radius 1 is 1.05 bits per heavy atom. The summed E-state index contributed by atoms with van der Waals surface area (Å²) < 4.78 is 0. The van der Waals surface area contributed by atoms with Crippen molar-refractivity contribution in [3.63, 3.8) is 0 Å². The van der Waals surface area contributed by atoms with Crippen molar-refractivity contribution < 1.29 is 4.84 Å². The minimum absolute atomic E-state index is 0.132. The van der Waals surface area contributed by atoms with E-state index >= 15 is 0 Å². The first kappa shape index (κ1) is 12.2. The zero-order valence-electron chi connectivity index (χ0n) is 10.4. The lowest BCUT2D eigenvalue weighted by atomic mass is 10.0. The molecule has 0 amide bonds. The molecule has 1 aliphatic heterocycles. The molecular weight excluding hydrogens is 258 g/mol. The van der Waals surface area contributed by atoms with Gasteiger partial charge in [0.25, 0.3) is 0 Å². The minimum atomic E-state index is 0.132. The average Bonchev–Trinajstić information content (AvgIpc) is 2.89. The van der Waals surface area contributed by atoms with E-state index in [1.165, 1.54) is 5.56 Å². The first-order chi connectivity index (χ1) is 9.31. The van der Waals surface area contributed by atoms with Gasteiger partial charge in [0.2, 0.25) is 0 Å². The number of halogens is 1. The average molecular weight is 272 g/mol. The largest absolute Gasteiger partial charge is 0.391 e. The quantitative estimate of drug-likeness (QED) is 0.824. The zero-order valence-corrected chi connectivity index (χ0v) is 11.2. The Morgan fingerprint density at radius 2 is 1.79 bits per heavy atom. The Balaban J connectivity index is 1.65. The number of benzene rings is 2. The van der Waals surface area contributed by atoms with E-state index in [0.29, 0.717) is 0 Å². The third-order valence-electron chi connectivity index (χ3n) is 3.22. The van der Waals surface area contributed by atoms with Crippen LogP contribution >= 0.6 is 11.6 Å². The van der Waals surface area contributed by atoms with Gasteiger partial charge in [-0.3, -0.25) is 0 Å². The molecule has 0 aromatic heterocycles. The predicted octanol–water partition coefficient (Wildman–Crippen LogP) is 4.08. The fourth-order valence-corrected chi connectivity index (χ4v) is 2.35. The van der Waals surface area contributed by atoms with Crippen molar-refractivity contribution in [2.45, 2.75) is 18.9 Å². The molecule has 2 aromatic rings. The van der Waals surface area contributed by atoms with Crippen LogP contribution in [0.2, 0.25) is 5.02 Å². The lowest BCUT2D eigenvalue weighted by Crippen LogP contribution is -2.11. The van der Waals surface area contributed by atoms with E-state index in [1.807, 2.05) is 42.5 Å². The fourth-order valence-electron chi connectivity index (χ4n) is 2.23. The van der Waals surface area contributed by atoms with Gasteiger partial charge in [-0.15, -0.1) is 0 Å². The van der Waals surface area contributed by atoms with Crippen molar-refractivity contribution in [3.8, 4) is 0 Å². The van der Waals surface area contributed by atoms with E-state index in [4.69, 9.17) is 16.4 Å². The Morgan fingerprint density at radius 3 is 2.53 bits per heavy atom. The van der Waals surface area contributed by atoms with E-state index in [-0.39, 0.29) is 6.10 Å². The van der Waals surface area contributed by atoms with Crippen molar-refractivity contribution in [1.29, 1.82) is 0 Å². The third kappa shape index (κ3) is 2.96. The zero-order chi connectivity index (χ0) is 13.1. The maximum absolute atomic E-state index is 5.88. The van der Waals surface area contributed by atoms with Gasteiger partial charge in [0.1, 0.15) is 6.10 Å². The molecule has 3 heteroatoms. The van der Waals surface area contributed by atoms with Crippen LogP contribution in [0.25, 0.3) is 0 Å². The second-order valence-corrected chi connectivity index (χ2v) is 5.10. The lowest BCUT2D eigenvalue weighted by Gasteiger charge is -2.07. The van der Waals surface area contributed by atoms with E-state index in [2.05, 4.69) is 17.3 Å². The number of hydrogen-bond acceptors (Lipinski definition) is 2. The van der Waals surface area contributed by atoms with Gasteiger partial charge in [-0.2, -0.15) is 0 Å². The van der Waals surface area contributed by atoms with Crippen LogP contribution in [0.1, 0.15) is 17.5 Å². The molecule has 2 nitrogen and oxygen atoms in total. The highest BCUT2D eigenvalue weighted by Gasteiger charge is 2.22. The van der Waals surface area contributed by atoms with Gasteiger partial charge in [0, 0.05) is 17.9 Å². The van der Waals surface area contributed by atoms with Crippen LogP contribution in [0.3, 0.4) is 0 Å². The predicted molar refractivity (Wildman–Crippen MR) is 77.6 cm³/mol. The molecule has 0 spiro atoms. The molecule has 19 heavy (non-hydrogen) atoms. The van der Waals surface area contributed by atoms with Crippen LogP contribution < -0.4 is 0 Å². The molecule has 3 rings (SSSR count). The van der Waals surface area contributed by atoms with E-state index in [9.17, 15) is 0 Å². The molecule has 0 bridgehead atoms. The first-order valence-corrected chi connectivity index (χ1v) is 6.71. The van der Waals surface area contributed by atoms with Crippen molar-refractivity contribution in [2.24, 2.45) is 5.16 Å². The smallest absolute Gasteiger partial charge is 0.137 e. The molecule has 96 valence electrons. The summed E-state index contributed by atoms with van der Waals surface area (Å²) in [6.07, 6.45) is 1.87. The topological polar surface area (TPSA) is 21.6 Å². The maximum atomic E-state index is 5.88. The second kappa shape index (κ2) is 5.45. The summed E-state index contributed by atoms with van der Waals surface area (Å²) in [6.45, 7) is 0. The summed E-state index contributed by atoms with van der Waals surface area (Å²) in [4.78, 5) is 5.51. The standard InChI is InChI=1S/C16H14ClNO/c17-14-8-6-13(7-9-14)16-11-15(19-18-16)10-12-4-2-1-3-5-12/h1-9,15H,10-11H2/t15-/m0/s1. The minimum Gasteiger partial charge on any atom is -0.391 e. The van der Waals surface area contributed by atoms with Crippen molar-refractivity contribution >= 4 is 17.3 Å². The van der Waals surface area contributed by atoms with Crippen molar-refractivity contribution in [3.05, 3.63) is 70.7 Å². The van der Waals surface area contributed by atoms with Gasteiger partial charge in [-0.25, -0.2) is 0 Å². The SMILES string of the molecule is Clc1ccc(C2=NO[C@@H](Cc3ccccc3)C2)cc1. The molecule has 0 aliphatic carbocycles. The summed E-state index contributed by atoms with van der Waals surface area (Å²) >= 11 is 5.88. The normalized spacial score (nSPS) is 17.9. The highest BCUT2D eigenvalue weighted by Crippen LogP contribution is 2.21. The van der Waals surface area contributed by atoms with E-state index in [1.54, 1.807) is 0 Å². The molecule has 2 aromatic carbocycles. The van der Waals surface area contributed by atoms with E-state index < -0.39 is 0 Å². The highest BCUT2D eigenvalue weighted by atomic mass is 35.5. The lowest BCUT2D eigenvalue weighted by molar-refractivity contribution is 0.0859. The van der Waals surface area contributed by atoms with Gasteiger partial charge in [-0.1, -0.05) is 59.2 Å². The summed E-state index contributed by atoms with van der Waals surface area (Å²) in [7, 11) is 0. The molecule has 0 radical (unpaired) electrons. The van der Waals surface area contributed by atoms with Crippen LogP contribution in [0.4, 0.5) is 0 Å². The van der Waals surface area contributed by atoms with Gasteiger partial charge in [0.05, 0.1) is 5.71 Å². The molecule has 0 unspecified atom stereocenters. The number of oxime groups is 1. The van der Waals surface area contributed by atoms with Crippen LogP contribution in [-0.2, 0) is 11.3 Å². The molecule has 0 fully saturated rings. The van der Waals surface area contributed by atoms with Crippen molar-refractivity contribution in [1.82, 2.24) is 0 Å². The molecule has 0 saturated heterocycles. The molecular formula is C16H14ClNO. The van der Waals surface area contributed by atoms with E-state index in [0.717, 1.165) is 29.1 Å². The summed E-state index contributed by atoms with van der Waals surface area (Å²) in [5.74, 6) is 0. The van der Waals surface area contributed by atoms with Gasteiger partial charge < -0.3 is 4.84 Å². The maximum Gasteiger partial charge on any atom is 0.137 e. The molecule has 1 heterocycles. The molecule has 0 N–H and O–H groups in total. The number of rotatable bonds is 3. The van der Waals surface area contributed by atoms with Crippen LogP contribution in [0.15, 0.2) is 59.8 Å². The van der Waals surface area contributed by atoms with Crippen LogP contribution in [0, 0.1) is 0 Å². The van der Waals surface area contributed by atoms with Gasteiger partial charge in [-0.05, 0) is 23.3 Å². The van der Waals surface area contributed by atoms with Gasteiger partial charge in [0.15, 0.2) is 0 Å². The Labute approximate surface area is 117 Å². The second-order valence-electron chi connectivity index (χ2n) is 4.67. The molecule has 0 saturated carbocycles. The molecule has 1 atom stereocenters. The highest BCUT2D eigenvalue weighted by molar-refractivity contribution is 6.30. The number of nitrogens with zero attached hydrogens (tertiary/aromatic N) is 1. The summed E-state index contributed by atoms with van der Waals surface area (Å²) in [5, 5.41) is 4.93. The first-order valence-electron chi connectivity index (χ1n) is 6.34. The van der Waals surface area contributed by atoms with Crippen LogP contribution in [0.5, 0.6) is 0 Å². The Kier molecular flexibility index (Phi) is 3.51. The third-order valence-corrected chi connectivity index (χ3v) is 3.47. The Hall–Kier alpha value is -1.80. The number of hydrogen-bond donors (Lipinski definition) is 0. The fraction of sp³-hybridized carbons (Fsp3) is 0.188.